The van der Waals surface area contributed by atoms with Gasteiger partial charge in [0.15, 0.2) is 0 Å². The van der Waals surface area contributed by atoms with Gasteiger partial charge in [0.2, 0.25) is 0 Å². The molecular formula is C14H21ClN2O2. The molecule has 1 rings (SSSR count). The minimum atomic E-state index is -0.112. The van der Waals surface area contributed by atoms with Crippen molar-refractivity contribution in [2.24, 2.45) is 5.92 Å². The van der Waals surface area contributed by atoms with E-state index in [4.69, 9.17) is 22.1 Å². The number of nitrogens with zero attached hydrogens (tertiary/aromatic N) is 1. The number of hydrogen-bond donors (Lipinski definition) is 1. The lowest BCUT2D eigenvalue weighted by molar-refractivity contribution is 0.0771. The Morgan fingerprint density at radius 1 is 1.53 bits per heavy atom. The summed E-state index contributed by atoms with van der Waals surface area (Å²) in [6.45, 7) is 4.90. The molecule has 0 radical (unpaired) electrons. The van der Waals surface area contributed by atoms with Gasteiger partial charge >= 0.3 is 0 Å². The molecule has 1 atom stereocenters. The predicted octanol–water partition coefficient (Wildman–Crippen LogP) is 3.05. The van der Waals surface area contributed by atoms with Crippen LogP contribution < -0.4 is 10.5 Å². The zero-order valence-electron chi connectivity index (χ0n) is 11.9. The summed E-state index contributed by atoms with van der Waals surface area (Å²) in [5.41, 5.74) is 6.55. The highest BCUT2D eigenvalue weighted by atomic mass is 35.5. The number of rotatable bonds is 5. The van der Waals surface area contributed by atoms with Crippen LogP contribution in [0, 0.1) is 5.92 Å². The van der Waals surface area contributed by atoms with Crippen LogP contribution in [0.15, 0.2) is 12.1 Å². The van der Waals surface area contributed by atoms with Crippen molar-refractivity contribution in [3.63, 3.8) is 0 Å². The van der Waals surface area contributed by atoms with Crippen LogP contribution >= 0.6 is 11.6 Å². The van der Waals surface area contributed by atoms with E-state index in [0.29, 0.717) is 34.5 Å². The summed E-state index contributed by atoms with van der Waals surface area (Å²) in [6.07, 6.45) is 1.03. The summed E-state index contributed by atoms with van der Waals surface area (Å²) in [4.78, 5) is 14.1. The van der Waals surface area contributed by atoms with Gasteiger partial charge in [-0.1, -0.05) is 31.9 Å². The van der Waals surface area contributed by atoms with E-state index < -0.39 is 0 Å². The van der Waals surface area contributed by atoms with Gasteiger partial charge in [-0.05, 0) is 12.0 Å². The van der Waals surface area contributed by atoms with E-state index in [1.807, 2.05) is 0 Å². The number of anilines is 1. The fraction of sp³-hybridized carbons (Fsp3) is 0.500. The molecule has 0 aliphatic heterocycles. The molecule has 0 aromatic heterocycles. The van der Waals surface area contributed by atoms with Gasteiger partial charge in [0.1, 0.15) is 5.75 Å². The van der Waals surface area contributed by atoms with Crippen LogP contribution in [-0.4, -0.2) is 31.5 Å². The molecule has 5 heteroatoms. The summed E-state index contributed by atoms with van der Waals surface area (Å²) in [5, 5.41) is 0.362. The van der Waals surface area contributed by atoms with Gasteiger partial charge in [-0.25, -0.2) is 0 Å². The van der Waals surface area contributed by atoms with Crippen molar-refractivity contribution in [2.45, 2.75) is 20.3 Å². The molecule has 0 bridgehead atoms. The third-order valence-electron chi connectivity index (χ3n) is 3.18. The molecule has 0 aliphatic rings. The molecule has 1 aromatic carbocycles. The Labute approximate surface area is 119 Å². The Kier molecular flexibility index (Phi) is 5.48. The number of nitrogens with two attached hydrogens (primary N) is 1. The van der Waals surface area contributed by atoms with E-state index in [2.05, 4.69) is 13.8 Å². The molecular weight excluding hydrogens is 264 g/mol. The maximum Gasteiger partial charge on any atom is 0.257 e. The Morgan fingerprint density at radius 2 is 2.16 bits per heavy atom. The van der Waals surface area contributed by atoms with E-state index in [0.717, 1.165) is 6.42 Å². The average molecular weight is 285 g/mol. The van der Waals surface area contributed by atoms with Crippen molar-refractivity contribution in [3.8, 4) is 5.75 Å². The van der Waals surface area contributed by atoms with Crippen molar-refractivity contribution in [1.82, 2.24) is 4.90 Å². The normalized spacial score (nSPS) is 12.1. The quantitative estimate of drug-likeness (QED) is 0.846. The van der Waals surface area contributed by atoms with Crippen molar-refractivity contribution in [2.75, 3.05) is 26.4 Å². The molecule has 0 saturated carbocycles. The van der Waals surface area contributed by atoms with E-state index in [-0.39, 0.29) is 5.91 Å². The second-order valence-electron chi connectivity index (χ2n) is 4.77. The lowest BCUT2D eigenvalue weighted by Crippen LogP contribution is -2.31. The second-order valence-corrected chi connectivity index (χ2v) is 5.18. The zero-order valence-corrected chi connectivity index (χ0v) is 12.6. The number of amides is 1. The van der Waals surface area contributed by atoms with E-state index in [9.17, 15) is 4.79 Å². The average Bonchev–Trinajstić information content (AvgIpc) is 2.40. The van der Waals surface area contributed by atoms with Gasteiger partial charge in [-0.2, -0.15) is 0 Å². The number of ether oxygens (including phenoxy) is 1. The van der Waals surface area contributed by atoms with Crippen LogP contribution in [0.2, 0.25) is 5.02 Å². The van der Waals surface area contributed by atoms with Crippen molar-refractivity contribution < 1.29 is 9.53 Å². The van der Waals surface area contributed by atoms with Crippen molar-refractivity contribution >= 4 is 23.2 Å². The predicted molar refractivity (Wildman–Crippen MR) is 78.8 cm³/mol. The number of carbonyl (C=O) groups excluding carboxylic acids is 1. The standard InChI is InChI=1S/C14H21ClN2O2/c1-5-9(2)8-17(3)14(18)10-6-11(15)12(16)7-13(10)19-4/h6-7,9H,5,8,16H2,1-4H3. The van der Waals surface area contributed by atoms with Gasteiger partial charge in [0.25, 0.3) is 5.91 Å². The van der Waals surface area contributed by atoms with Crippen LogP contribution in [-0.2, 0) is 0 Å². The minimum absolute atomic E-state index is 0.112. The van der Waals surface area contributed by atoms with Crippen LogP contribution in [0.5, 0.6) is 5.75 Å². The summed E-state index contributed by atoms with van der Waals surface area (Å²) < 4.78 is 5.20. The van der Waals surface area contributed by atoms with E-state index in [1.54, 1.807) is 24.1 Å². The van der Waals surface area contributed by atoms with Crippen LogP contribution in [0.1, 0.15) is 30.6 Å². The van der Waals surface area contributed by atoms with Gasteiger partial charge in [0.05, 0.1) is 23.4 Å². The molecule has 0 fully saturated rings. The number of nitrogen functional groups attached to an aromatic ring is 1. The summed E-state index contributed by atoms with van der Waals surface area (Å²) >= 11 is 5.97. The maximum absolute atomic E-state index is 12.4. The molecule has 106 valence electrons. The molecule has 19 heavy (non-hydrogen) atoms. The molecule has 0 spiro atoms. The topological polar surface area (TPSA) is 55.6 Å². The molecule has 1 aromatic rings. The Morgan fingerprint density at radius 3 is 2.68 bits per heavy atom. The van der Waals surface area contributed by atoms with Gasteiger partial charge in [-0.15, -0.1) is 0 Å². The number of methoxy groups -OCH3 is 1. The summed E-state index contributed by atoms with van der Waals surface area (Å²) in [5.74, 6) is 0.783. The summed E-state index contributed by atoms with van der Waals surface area (Å²) in [6, 6.07) is 3.14. The zero-order chi connectivity index (χ0) is 14.6. The molecule has 1 unspecified atom stereocenters. The number of halogens is 1. The van der Waals surface area contributed by atoms with Crippen LogP contribution in [0.25, 0.3) is 0 Å². The smallest absolute Gasteiger partial charge is 0.257 e. The molecule has 4 nitrogen and oxygen atoms in total. The Bertz CT molecular complexity index is 463. The van der Waals surface area contributed by atoms with E-state index >= 15 is 0 Å². The molecule has 0 aliphatic carbocycles. The highest BCUT2D eigenvalue weighted by Crippen LogP contribution is 2.29. The first kappa shape index (κ1) is 15.6. The first-order valence-corrected chi connectivity index (χ1v) is 6.66. The Hall–Kier alpha value is -1.42. The molecule has 2 N–H and O–H groups in total. The van der Waals surface area contributed by atoms with Gasteiger partial charge in [-0.3, -0.25) is 4.79 Å². The van der Waals surface area contributed by atoms with Gasteiger partial charge in [0, 0.05) is 19.7 Å². The van der Waals surface area contributed by atoms with Gasteiger partial charge < -0.3 is 15.4 Å². The van der Waals surface area contributed by atoms with Crippen molar-refractivity contribution in [3.05, 3.63) is 22.7 Å². The fourth-order valence-electron chi connectivity index (χ4n) is 1.79. The summed E-state index contributed by atoms with van der Waals surface area (Å²) in [7, 11) is 3.28. The molecule has 0 heterocycles. The van der Waals surface area contributed by atoms with E-state index in [1.165, 1.54) is 7.11 Å². The third kappa shape index (κ3) is 3.77. The lowest BCUT2D eigenvalue weighted by atomic mass is 10.1. The fourth-order valence-corrected chi connectivity index (χ4v) is 1.95. The molecule has 1 amide bonds. The second kappa shape index (κ2) is 6.66. The number of carbonyl (C=O) groups is 1. The highest BCUT2D eigenvalue weighted by Gasteiger charge is 2.19. The van der Waals surface area contributed by atoms with Crippen LogP contribution in [0.3, 0.4) is 0 Å². The maximum atomic E-state index is 12.4. The van der Waals surface area contributed by atoms with Crippen molar-refractivity contribution in [1.29, 1.82) is 0 Å². The minimum Gasteiger partial charge on any atom is -0.496 e. The first-order valence-electron chi connectivity index (χ1n) is 6.29. The number of hydrogen-bond acceptors (Lipinski definition) is 3. The largest absolute Gasteiger partial charge is 0.496 e. The highest BCUT2D eigenvalue weighted by molar-refractivity contribution is 6.33. The third-order valence-corrected chi connectivity index (χ3v) is 3.51. The Balaban J connectivity index is 3.01. The lowest BCUT2D eigenvalue weighted by Gasteiger charge is -2.22. The number of benzene rings is 1. The first-order chi connectivity index (χ1) is 8.90. The van der Waals surface area contributed by atoms with Crippen LogP contribution in [0.4, 0.5) is 5.69 Å². The molecule has 0 saturated heterocycles. The SMILES string of the molecule is CCC(C)CN(C)C(=O)c1cc(Cl)c(N)cc1OC. The monoisotopic (exact) mass is 284 g/mol.